The molecule has 1 aromatic rings. The van der Waals surface area contributed by atoms with Crippen LogP contribution in [0.2, 0.25) is 5.02 Å². The molecule has 1 rings (SSSR count). The minimum absolute atomic E-state index is 0.549. The molecular formula is C9H7BrClNO. The molecule has 0 amide bonds. The van der Waals surface area contributed by atoms with Gasteiger partial charge in [0.2, 0.25) is 0 Å². The topological polar surface area (TPSA) is 33.0 Å². The van der Waals surface area contributed by atoms with Crippen LogP contribution in [0.5, 0.6) is 0 Å². The zero-order chi connectivity index (χ0) is 9.84. The number of methoxy groups -OCH3 is 1. The van der Waals surface area contributed by atoms with Gasteiger partial charge >= 0.3 is 0 Å². The number of nitriles is 1. The van der Waals surface area contributed by atoms with Crippen molar-refractivity contribution >= 4 is 27.5 Å². The molecule has 0 aliphatic heterocycles. The summed E-state index contributed by atoms with van der Waals surface area (Å²) in [5, 5.41) is 9.37. The van der Waals surface area contributed by atoms with Crippen molar-refractivity contribution in [3.8, 4) is 6.07 Å². The van der Waals surface area contributed by atoms with Crippen molar-refractivity contribution < 1.29 is 4.74 Å². The smallest absolute Gasteiger partial charge is 0.169 e. The number of hydrogen-bond acceptors (Lipinski definition) is 2. The number of halogens is 2. The first kappa shape index (κ1) is 10.5. The first-order chi connectivity index (χ1) is 6.19. The third-order valence-corrected chi connectivity index (χ3v) is 2.52. The van der Waals surface area contributed by atoms with Gasteiger partial charge in [0.25, 0.3) is 0 Å². The largest absolute Gasteiger partial charge is 0.362 e. The van der Waals surface area contributed by atoms with E-state index in [9.17, 15) is 0 Å². The van der Waals surface area contributed by atoms with Gasteiger partial charge in [-0.3, -0.25) is 0 Å². The molecule has 0 saturated carbocycles. The van der Waals surface area contributed by atoms with E-state index in [0.717, 1.165) is 10.0 Å². The molecule has 1 atom stereocenters. The SMILES string of the molecule is COC(C#N)c1ccc(Cl)cc1Br. The van der Waals surface area contributed by atoms with Crippen molar-refractivity contribution in [1.29, 1.82) is 5.26 Å². The number of hydrogen-bond donors (Lipinski definition) is 0. The van der Waals surface area contributed by atoms with Crippen molar-refractivity contribution in [2.75, 3.05) is 7.11 Å². The molecule has 1 unspecified atom stereocenters. The second-order valence-corrected chi connectivity index (χ2v) is 3.70. The maximum Gasteiger partial charge on any atom is 0.169 e. The fraction of sp³-hybridized carbons (Fsp3) is 0.222. The fourth-order valence-electron chi connectivity index (χ4n) is 0.963. The van der Waals surface area contributed by atoms with Gasteiger partial charge < -0.3 is 4.74 Å². The second-order valence-electron chi connectivity index (χ2n) is 2.41. The molecule has 0 bridgehead atoms. The van der Waals surface area contributed by atoms with Crippen LogP contribution >= 0.6 is 27.5 Å². The van der Waals surface area contributed by atoms with Gasteiger partial charge in [-0.1, -0.05) is 33.6 Å². The van der Waals surface area contributed by atoms with Crippen molar-refractivity contribution in [2.24, 2.45) is 0 Å². The Bertz CT molecular complexity index is 348. The normalized spacial score (nSPS) is 12.2. The lowest BCUT2D eigenvalue weighted by Gasteiger charge is -2.09. The van der Waals surface area contributed by atoms with Gasteiger partial charge in [-0.15, -0.1) is 0 Å². The van der Waals surface area contributed by atoms with Crippen molar-refractivity contribution in [3.63, 3.8) is 0 Å². The fourth-order valence-corrected chi connectivity index (χ4v) is 1.85. The van der Waals surface area contributed by atoms with Gasteiger partial charge in [0.15, 0.2) is 6.10 Å². The maximum atomic E-state index is 8.74. The summed E-state index contributed by atoms with van der Waals surface area (Å²) < 4.78 is 5.76. The quantitative estimate of drug-likeness (QED) is 0.817. The number of benzene rings is 1. The van der Waals surface area contributed by atoms with E-state index in [1.165, 1.54) is 7.11 Å². The van der Waals surface area contributed by atoms with E-state index in [-0.39, 0.29) is 0 Å². The molecule has 1 aromatic carbocycles. The number of nitrogens with zero attached hydrogens (tertiary/aromatic N) is 1. The Morgan fingerprint density at radius 3 is 2.77 bits per heavy atom. The van der Waals surface area contributed by atoms with E-state index in [0.29, 0.717) is 5.02 Å². The van der Waals surface area contributed by atoms with E-state index in [1.807, 2.05) is 6.07 Å². The Labute approximate surface area is 90.2 Å². The summed E-state index contributed by atoms with van der Waals surface area (Å²) in [5.74, 6) is 0. The summed E-state index contributed by atoms with van der Waals surface area (Å²) in [7, 11) is 1.49. The van der Waals surface area contributed by atoms with Gasteiger partial charge in [-0.25, -0.2) is 0 Å². The summed E-state index contributed by atoms with van der Waals surface area (Å²) in [4.78, 5) is 0. The highest BCUT2D eigenvalue weighted by Gasteiger charge is 2.12. The predicted octanol–water partition coefficient (Wildman–Crippen LogP) is 3.31. The summed E-state index contributed by atoms with van der Waals surface area (Å²) in [6, 6.07) is 7.26. The van der Waals surface area contributed by atoms with Crippen molar-refractivity contribution in [1.82, 2.24) is 0 Å². The zero-order valence-electron chi connectivity index (χ0n) is 6.92. The summed E-state index contributed by atoms with van der Waals surface area (Å²) in [5.41, 5.74) is 0.786. The third kappa shape index (κ3) is 2.44. The first-order valence-corrected chi connectivity index (χ1v) is 4.73. The molecule has 68 valence electrons. The van der Waals surface area contributed by atoms with E-state index >= 15 is 0 Å². The molecule has 0 saturated heterocycles. The van der Waals surface area contributed by atoms with Crippen LogP contribution in [0.3, 0.4) is 0 Å². The van der Waals surface area contributed by atoms with E-state index in [2.05, 4.69) is 15.9 Å². The molecule has 0 aromatic heterocycles. The zero-order valence-corrected chi connectivity index (χ0v) is 9.26. The van der Waals surface area contributed by atoms with Crippen LogP contribution in [0, 0.1) is 11.3 Å². The van der Waals surface area contributed by atoms with Gasteiger partial charge in [0.05, 0.1) is 6.07 Å². The lowest BCUT2D eigenvalue weighted by molar-refractivity contribution is 0.148. The van der Waals surface area contributed by atoms with Crippen molar-refractivity contribution in [3.05, 3.63) is 33.3 Å². The van der Waals surface area contributed by atoms with Gasteiger partial charge in [0.1, 0.15) is 0 Å². The molecule has 0 aliphatic carbocycles. The molecule has 4 heteroatoms. The average molecular weight is 261 g/mol. The van der Waals surface area contributed by atoms with Crippen LogP contribution in [0.4, 0.5) is 0 Å². The molecule has 0 radical (unpaired) electrons. The van der Waals surface area contributed by atoms with Gasteiger partial charge in [-0.05, 0) is 12.1 Å². The van der Waals surface area contributed by atoms with E-state index in [4.69, 9.17) is 21.6 Å². The first-order valence-electron chi connectivity index (χ1n) is 3.56. The molecule has 0 heterocycles. The lowest BCUT2D eigenvalue weighted by Crippen LogP contribution is -1.98. The number of rotatable bonds is 2. The summed E-state index contributed by atoms with van der Waals surface area (Å²) >= 11 is 9.07. The molecule has 2 nitrogen and oxygen atoms in total. The molecule has 0 spiro atoms. The standard InChI is InChI=1S/C9H7BrClNO/c1-13-9(5-12)7-3-2-6(11)4-8(7)10/h2-4,9H,1H3. The maximum absolute atomic E-state index is 8.74. The van der Waals surface area contributed by atoms with Gasteiger partial charge in [0, 0.05) is 22.2 Å². The highest BCUT2D eigenvalue weighted by atomic mass is 79.9. The molecular weight excluding hydrogens is 253 g/mol. The number of ether oxygens (including phenoxy) is 1. The molecule has 0 fully saturated rings. The molecule has 0 aliphatic rings. The molecule has 13 heavy (non-hydrogen) atoms. The summed E-state index contributed by atoms with van der Waals surface area (Å²) in [6.07, 6.45) is -0.549. The van der Waals surface area contributed by atoms with Gasteiger partial charge in [-0.2, -0.15) is 5.26 Å². The van der Waals surface area contributed by atoms with Crippen LogP contribution in [-0.4, -0.2) is 7.11 Å². The van der Waals surface area contributed by atoms with Crippen LogP contribution < -0.4 is 0 Å². The van der Waals surface area contributed by atoms with E-state index in [1.54, 1.807) is 18.2 Å². The Hall–Kier alpha value is -0.560. The predicted molar refractivity (Wildman–Crippen MR) is 54.5 cm³/mol. The van der Waals surface area contributed by atoms with Crippen LogP contribution in [0.1, 0.15) is 11.7 Å². The van der Waals surface area contributed by atoms with E-state index < -0.39 is 6.10 Å². The minimum atomic E-state index is -0.549. The Morgan fingerprint density at radius 1 is 1.62 bits per heavy atom. The second kappa shape index (κ2) is 4.61. The average Bonchev–Trinajstić information content (AvgIpc) is 2.10. The van der Waals surface area contributed by atoms with Crippen molar-refractivity contribution in [2.45, 2.75) is 6.10 Å². The highest BCUT2D eigenvalue weighted by molar-refractivity contribution is 9.10. The highest BCUT2D eigenvalue weighted by Crippen LogP contribution is 2.27. The summed E-state index contributed by atoms with van der Waals surface area (Å²) in [6.45, 7) is 0. The Morgan fingerprint density at radius 2 is 2.31 bits per heavy atom. The van der Waals surface area contributed by atoms with Crippen LogP contribution in [-0.2, 0) is 4.74 Å². The third-order valence-electron chi connectivity index (χ3n) is 1.60. The Balaban J connectivity index is 3.09. The van der Waals surface area contributed by atoms with Crippen LogP contribution in [0.15, 0.2) is 22.7 Å². The van der Waals surface area contributed by atoms with Crippen LogP contribution in [0.25, 0.3) is 0 Å². The monoisotopic (exact) mass is 259 g/mol. The Kier molecular flexibility index (Phi) is 3.73. The lowest BCUT2D eigenvalue weighted by atomic mass is 10.1. The minimum Gasteiger partial charge on any atom is -0.362 e. The molecule has 0 N–H and O–H groups in total.